The Kier molecular flexibility index (Phi) is 2.66. The number of aromatic nitrogens is 6. The molecule has 5 rings (SSSR count). The highest BCUT2D eigenvalue weighted by Crippen LogP contribution is 2.39. The lowest BCUT2D eigenvalue weighted by molar-refractivity contribution is 0.432. The summed E-state index contributed by atoms with van der Waals surface area (Å²) in [7, 11) is 0. The smallest absolute Gasteiger partial charge is 0.258 e. The Morgan fingerprint density at radius 2 is 2.17 bits per heavy atom. The third-order valence-electron chi connectivity index (χ3n) is 4.10. The first-order valence-corrected chi connectivity index (χ1v) is 7.64. The molecular formula is C16H12N6O2. The molecule has 118 valence electrons. The van der Waals surface area contributed by atoms with Gasteiger partial charge in [-0.1, -0.05) is 5.16 Å². The summed E-state index contributed by atoms with van der Waals surface area (Å²) in [4.78, 5) is 27.4. The Labute approximate surface area is 135 Å². The maximum atomic E-state index is 11.9. The van der Waals surface area contributed by atoms with E-state index >= 15 is 0 Å². The van der Waals surface area contributed by atoms with Crippen LogP contribution >= 0.6 is 0 Å². The van der Waals surface area contributed by atoms with E-state index in [-0.39, 0.29) is 5.56 Å². The van der Waals surface area contributed by atoms with Crippen LogP contribution in [0.25, 0.3) is 28.6 Å². The molecule has 0 aromatic carbocycles. The third-order valence-corrected chi connectivity index (χ3v) is 4.10. The Morgan fingerprint density at radius 1 is 1.25 bits per heavy atom. The molecule has 0 radical (unpaired) electrons. The predicted octanol–water partition coefficient (Wildman–Crippen LogP) is 2.01. The van der Waals surface area contributed by atoms with Gasteiger partial charge in [0.1, 0.15) is 5.69 Å². The average molecular weight is 320 g/mol. The zero-order chi connectivity index (χ0) is 16.1. The van der Waals surface area contributed by atoms with Gasteiger partial charge in [-0.05, 0) is 24.8 Å². The molecule has 0 aliphatic heterocycles. The number of fused-ring (bicyclic) bond motifs is 1. The third kappa shape index (κ3) is 2.11. The van der Waals surface area contributed by atoms with Crippen LogP contribution in [0.5, 0.6) is 0 Å². The molecule has 0 amide bonds. The van der Waals surface area contributed by atoms with Crippen molar-refractivity contribution in [3.05, 3.63) is 53.0 Å². The first-order chi connectivity index (χ1) is 11.8. The molecule has 4 aromatic heterocycles. The van der Waals surface area contributed by atoms with Crippen LogP contribution < -0.4 is 5.56 Å². The molecule has 8 heteroatoms. The zero-order valence-electron chi connectivity index (χ0n) is 12.5. The molecule has 0 unspecified atom stereocenters. The van der Waals surface area contributed by atoms with E-state index in [4.69, 9.17) is 4.52 Å². The van der Waals surface area contributed by atoms with E-state index < -0.39 is 0 Å². The number of rotatable bonds is 3. The Morgan fingerprint density at radius 3 is 3.04 bits per heavy atom. The van der Waals surface area contributed by atoms with Gasteiger partial charge in [0.25, 0.3) is 5.89 Å². The van der Waals surface area contributed by atoms with E-state index in [1.165, 1.54) is 6.07 Å². The molecule has 4 heterocycles. The van der Waals surface area contributed by atoms with Gasteiger partial charge in [0.15, 0.2) is 5.65 Å². The van der Waals surface area contributed by atoms with Gasteiger partial charge in [-0.2, -0.15) is 4.98 Å². The number of nitrogens with zero attached hydrogens (tertiary/aromatic N) is 5. The monoisotopic (exact) mass is 320 g/mol. The van der Waals surface area contributed by atoms with E-state index in [1.54, 1.807) is 24.8 Å². The molecule has 0 spiro atoms. The molecule has 0 atom stereocenters. The summed E-state index contributed by atoms with van der Waals surface area (Å²) in [5.74, 6) is 1.17. The normalized spacial score (nSPS) is 14.3. The Balaban J connectivity index is 1.59. The predicted molar refractivity (Wildman–Crippen MR) is 84.3 cm³/mol. The number of hydrogen-bond donors (Lipinski definition) is 1. The number of aromatic amines is 1. The standard InChI is InChI=1S/C16H12N6O2/c23-14-6-10(5-11(19-14)9-1-2-9)16-20-15(21-24-16)12-7-18-13-8-17-3-4-22(12)13/h3-9H,1-2H2,(H,19,23). The summed E-state index contributed by atoms with van der Waals surface area (Å²) in [6, 6.07) is 3.39. The van der Waals surface area contributed by atoms with Crippen LogP contribution in [0, 0.1) is 0 Å². The van der Waals surface area contributed by atoms with Gasteiger partial charge in [-0.25, -0.2) is 4.98 Å². The van der Waals surface area contributed by atoms with Crippen molar-refractivity contribution in [2.45, 2.75) is 18.8 Å². The number of H-pyrrole nitrogens is 1. The largest absolute Gasteiger partial charge is 0.334 e. The van der Waals surface area contributed by atoms with Crippen LogP contribution in [0.3, 0.4) is 0 Å². The van der Waals surface area contributed by atoms with Crippen molar-refractivity contribution in [3.8, 4) is 23.0 Å². The van der Waals surface area contributed by atoms with Gasteiger partial charge in [-0.15, -0.1) is 0 Å². The highest BCUT2D eigenvalue weighted by molar-refractivity contribution is 5.60. The van der Waals surface area contributed by atoms with Crippen molar-refractivity contribution in [2.24, 2.45) is 0 Å². The van der Waals surface area contributed by atoms with Crippen LogP contribution in [-0.2, 0) is 0 Å². The fraction of sp³-hybridized carbons (Fsp3) is 0.188. The van der Waals surface area contributed by atoms with E-state index in [1.807, 2.05) is 10.5 Å². The molecule has 0 saturated heterocycles. The quantitative estimate of drug-likeness (QED) is 0.619. The summed E-state index contributed by atoms with van der Waals surface area (Å²) >= 11 is 0. The summed E-state index contributed by atoms with van der Waals surface area (Å²) in [6.07, 6.45) is 8.97. The van der Waals surface area contributed by atoms with Crippen molar-refractivity contribution in [1.82, 2.24) is 29.5 Å². The van der Waals surface area contributed by atoms with Gasteiger partial charge in [0, 0.05) is 29.7 Å². The molecule has 1 aliphatic carbocycles. The number of nitrogens with one attached hydrogen (secondary N) is 1. The van der Waals surface area contributed by atoms with Crippen LogP contribution in [0.15, 0.2) is 46.2 Å². The van der Waals surface area contributed by atoms with Gasteiger partial charge in [0.05, 0.1) is 12.4 Å². The number of pyridine rings is 1. The second-order valence-electron chi connectivity index (χ2n) is 5.83. The van der Waals surface area contributed by atoms with Crippen molar-refractivity contribution in [3.63, 3.8) is 0 Å². The molecule has 1 aliphatic rings. The highest BCUT2D eigenvalue weighted by atomic mass is 16.5. The number of hydrogen-bond acceptors (Lipinski definition) is 6. The summed E-state index contributed by atoms with van der Waals surface area (Å²) < 4.78 is 7.19. The minimum atomic E-state index is -0.157. The minimum absolute atomic E-state index is 0.157. The van der Waals surface area contributed by atoms with Gasteiger partial charge >= 0.3 is 0 Å². The minimum Gasteiger partial charge on any atom is -0.334 e. The fourth-order valence-electron chi connectivity index (χ4n) is 2.75. The number of imidazole rings is 1. The summed E-state index contributed by atoms with van der Waals surface area (Å²) in [6.45, 7) is 0. The van der Waals surface area contributed by atoms with Gasteiger partial charge in [0.2, 0.25) is 11.4 Å². The molecule has 8 nitrogen and oxygen atoms in total. The van der Waals surface area contributed by atoms with E-state index in [2.05, 4.69) is 25.1 Å². The van der Waals surface area contributed by atoms with Gasteiger partial charge in [-0.3, -0.25) is 14.2 Å². The van der Waals surface area contributed by atoms with Crippen molar-refractivity contribution in [2.75, 3.05) is 0 Å². The van der Waals surface area contributed by atoms with E-state index in [0.717, 1.165) is 18.5 Å². The van der Waals surface area contributed by atoms with Crippen LogP contribution in [0.4, 0.5) is 0 Å². The first-order valence-electron chi connectivity index (χ1n) is 7.64. The summed E-state index contributed by atoms with van der Waals surface area (Å²) in [5, 5.41) is 4.03. The maximum Gasteiger partial charge on any atom is 0.258 e. The molecule has 4 aromatic rings. The maximum absolute atomic E-state index is 11.9. The molecule has 1 saturated carbocycles. The fourth-order valence-corrected chi connectivity index (χ4v) is 2.75. The Hall–Kier alpha value is -3.29. The Bertz CT molecular complexity index is 1100. The van der Waals surface area contributed by atoms with E-state index in [0.29, 0.717) is 34.5 Å². The van der Waals surface area contributed by atoms with Crippen molar-refractivity contribution in [1.29, 1.82) is 0 Å². The summed E-state index contributed by atoms with van der Waals surface area (Å²) in [5.41, 5.74) is 2.81. The van der Waals surface area contributed by atoms with E-state index in [9.17, 15) is 4.79 Å². The highest BCUT2D eigenvalue weighted by Gasteiger charge is 2.25. The molecule has 24 heavy (non-hydrogen) atoms. The van der Waals surface area contributed by atoms with Crippen molar-refractivity contribution >= 4 is 5.65 Å². The topological polar surface area (TPSA) is 102 Å². The van der Waals surface area contributed by atoms with Gasteiger partial charge < -0.3 is 9.51 Å². The SMILES string of the molecule is O=c1cc(-c2nc(-c3cnc4cnccn34)no2)cc(C2CC2)[nH]1. The molecule has 1 fully saturated rings. The molecule has 1 N–H and O–H groups in total. The lowest BCUT2D eigenvalue weighted by Gasteiger charge is -1.99. The average Bonchev–Trinajstić information content (AvgIpc) is 3.17. The lowest BCUT2D eigenvalue weighted by atomic mass is 10.2. The lowest BCUT2D eigenvalue weighted by Crippen LogP contribution is -2.07. The zero-order valence-corrected chi connectivity index (χ0v) is 12.5. The second kappa shape index (κ2) is 4.85. The van der Waals surface area contributed by atoms with Crippen molar-refractivity contribution < 1.29 is 4.52 Å². The van der Waals surface area contributed by atoms with Crippen LogP contribution in [0.2, 0.25) is 0 Å². The molecular weight excluding hydrogens is 308 g/mol. The molecule has 0 bridgehead atoms. The first kappa shape index (κ1) is 13.2. The second-order valence-corrected chi connectivity index (χ2v) is 5.83. The van der Waals surface area contributed by atoms with Crippen LogP contribution in [0.1, 0.15) is 24.5 Å². The van der Waals surface area contributed by atoms with Crippen LogP contribution in [-0.4, -0.2) is 29.5 Å².